The van der Waals surface area contributed by atoms with Crippen molar-refractivity contribution in [1.29, 1.82) is 0 Å². The molecule has 0 saturated carbocycles. The largest absolute Gasteiger partial charge is 0.490 e. The van der Waals surface area contributed by atoms with Crippen molar-refractivity contribution in [3.63, 3.8) is 0 Å². The summed E-state index contributed by atoms with van der Waals surface area (Å²) in [5, 5.41) is 59.3. The van der Waals surface area contributed by atoms with Crippen LogP contribution in [0.3, 0.4) is 0 Å². The number of alkyl halides is 3. The number of carboxylic acids is 5. The molecule has 346 valence electrons. The SMILES string of the molecule is NCCCC[C@H](NC(=O)[C@H](CC(=O)O)NC(=O)[C@H](CC(=O)O)NC(=O)[C@H](CC(=O)O)NC(=O)[C@H](CC(=O)O)NC(=O)CN)C(=O)Nc1ccc2ccccc2c1.O=C(O)C(F)(F)F. The second-order valence-electron chi connectivity index (χ2n) is 13.1. The number of carbonyl (C=O) groups excluding carboxylic acids is 6. The van der Waals surface area contributed by atoms with Gasteiger partial charge in [0.25, 0.3) is 0 Å². The van der Waals surface area contributed by atoms with Crippen LogP contribution in [0.25, 0.3) is 10.8 Å². The number of rotatable bonds is 24. The van der Waals surface area contributed by atoms with E-state index >= 15 is 0 Å². The second kappa shape index (κ2) is 26.0. The molecule has 2 rings (SSSR count). The summed E-state index contributed by atoms with van der Waals surface area (Å²) < 4.78 is 31.7. The number of unbranched alkanes of at least 4 members (excludes halogenated alkanes) is 1. The van der Waals surface area contributed by atoms with Crippen LogP contribution < -0.4 is 43.4 Å². The van der Waals surface area contributed by atoms with Crippen molar-refractivity contribution in [2.24, 2.45) is 11.5 Å². The minimum absolute atomic E-state index is 0.0354. The summed E-state index contributed by atoms with van der Waals surface area (Å²) in [6.07, 6.45) is -8.72. The fourth-order valence-corrected chi connectivity index (χ4v) is 5.14. The number of halogens is 3. The summed E-state index contributed by atoms with van der Waals surface area (Å²) in [6.45, 7) is -0.408. The number of hydrogen-bond donors (Lipinski definition) is 13. The molecule has 2 aromatic rings. The van der Waals surface area contributed by atoms with Gasteiger partial charge in [-0.3, -0.25) is 47.9 Å². The zero-order valence-corrected chi connectivity index (χ0v) is 32.8. The topological polar surface area (TPSA) is 413 Å². The van der Waals surface area contributed by atoms with E-state index in [-0.39, 0.29) is 13.0 Å². The molecule has 0 aliphatic heterocycles. The van der Waals surface area contributed by atoms with E-state index in [1.807, 2.05) is 39.5 Å². The summed E-state index contributed by atoms with van der Waals surface area (Å²) in [4.78, 5) is 133. The molecule has 0 aliphatic rings. The van der Waals surface area contributed by atoms with Gasteiger partial charge < -0.3 is 68.9 Å². The fraction of sp³-hybridized carbons (Fsp3) is 0.417. The van der Waals surface area contributed by atoms with E-state index < -0.39 is 134 Å². The minimum Gasteiger partial charge on any atom is -0.481 e. The average Bonchev–Trinajstić information content (AvgIpc) is 3.18. The molecule has 0 fully saturated rings. The normalized spacial score (nSPS) is 13.2. The highest BCUT2D eigenvalue weighted by Crippen LogP contribution is 2.19. The van der Waals surface area contributed by atoms with Crippen molar-refractivity contribution in [1.82, 2.24) is 26.6 Å². The van der Waals surface area contributed by atoms with E-state index in [0.717, 1.165) is 10.8 Å². The smallest absolute Gasteiger partial charge is 0.481 e. The van der Waals surface area contributed by atoms with Gasteiger partial charge in [0, 0.05) is 5.69 Å². The van der Waals surface area contributed by atoms with Crippen molar-refractivity contribution >= 4 is 81.7 Å². The number of carboxylic acid groups (broad SMARTS) is 5. The Bertz CT molecular complexity index is 2020. The third-order valence-electron chi connectivity index (χ3n) is 8.09. The van der Waals surface area contributed by atoms with Crippen molar-refractivity contribution in [3.05, 3.63) is 42.5 Å². The van der Waals surface area contributed by atoms with Crippen molar-refractivity contribution in [2.45, 2.75) is 81.3 Å². The van der Waals surface area contributed by atoms with E-state index in [1.165, 1.54) is 0 Å². The summed E-state index contributed by atoms with van der Waals surface area (Å²) >= 11 is 0. The van der Waals surface area contributed by atoms with Crippen LogP contribution in [0.5, 0.6) is 0 Å². The lowest BCUT2D eigenvalue weighted by atomic mass is 10.1. The third-order valence-corrected chi connectivity index (χ3v) is 8.09. The Morgan fingerprint density at radius 3 is 1.27 bits per heavy atom. The Kier molecular flexibility index (Phi) is 22.1. The number of hydrogen-bond acceptors (Lipinski definition) is 13. The van der Waals surface area contributed by atoms with Crippen LogP contribution >= 0.6 is 0 Å². The Morgan fingerprint density at radius 1 is 0.524 bits per heavy atom. The van der Waals surface area contributed by atoms with Gasteiger partial charge in [-0.25, -0.2) is 4.79 Å². The molecule has 5 atom stereocenters. The first-order valence-electron chi connectivity index (χ1n) is 18.3. The van der Waals surface area contributed by atoms with Crippen molar-refractivity contribution in [3.8, 4) is 0 Å². The minimum atomic E-state index is -5.08. The van der Waals surface area contributed by atoms with Crippen LogP contribution in [0.2, 0.25) is 0 Å². The summed E-state index contributed by atoms with van der Waals surface area (Å²) in [7, 11) is 0. The van der Waals surface area contributed by atoms with E-state index in [9.17, 15) is 76.4 Å². The Labute approximate surface area is 353 Å². The predicted octanol–water partition coefficient (Wildman–Crippen LogP) is -2.18. The maximum atomic E-state index is 13.5. The van der Waals surface area contributed by atoms with Crippen molar-refractivity contribution in [2.75, 3.05) is 18.4 Å². The Morgan fingerprint density at radius 2 is 0.905 bits per heavy atom. The molecule has 2 aromatic carbocycles. The van der Waals surface area contributed by atoms with E-state index in [0.29, 0.717) is 18.5 Å². The summed E-state index contributed by atoms with van der Waals surface area (Å²) in [5.74, 6) is -16.4. The molecular formula is C36H45F3N8O16. The van der Waals surface area contributed by atoms with Gasteiger partial charge in [-0.05, 0) is 48.7 Å². The number of nitrogens with two attached hydrogens (primary N) is 2. The van der Waals surface area contributed by atoms with Crippen LogP contribution in [-0.4, -0.2) is 140 Å². The van der Waals surface area contributed by atoms with E-state index in [1.54, 1.807) is 24.3 Å². The number of benzene rings is 2. The van der Waals surface area contributed by atoms with Gasteiger partial charge in [0.1, 0.15) is 30.2 Å². The number of carbonyl (C=O) groups is 11. The van der Waals surface area contributed by atoms with Crippen molar-refractivity contribution < 1.29 is 91.4 Å². The van der Waals surface area contributed by atoms with Gasteiger partial charge in [0.05, 0.1) is 32.2 Å². The number of amides is 6. The van der Waals surface area contributed by atoms with Gasteiger partial charge in [-0.15, -0.1) is 0 Å². The average molecular weight is 903 g/mol. The second-order valence-corrected chi connectivity index (χ2v) is 13.1. The van der Waals surface area contributed by atoms with Gasteiger partial charge in [0.15, 0.2) is 0 Å². The number of fused-ring (bicyclic) bond motifs is 1. The van der Waals surface area contributed by atoms with Crippen LogP contribution in [-0.2, 0) is 52.7 Å². The maximum Gasteiger partial charge on any atom is 0.490 e. The predicted molar refractivity (Wildman–Crippen MR) is 207 cm³/mol. The van der Waals surface area contributed by atoms with Crippen LogP contribution in [0.15, 0.2) is 42.5 Å². The molecule has 0 saturated heterocycles. The quantitative estimate of drug-likeness (QED) is 0.0498. The Balaban J connectivity index is 0.00000260. The van der Waals surface area contributed by atoms with Crippen LogP contribution in [0, 0.1) is 0 Å². The lowest BCUT2D eigenvalue weighted by Crippen LogP contribution is -2.60. The summed E-state index contributed by atoms with van der Waals surface area (Å²) in [5.41, 5.74) is 11.1. The Hall–Kier alpha value is -7.42. The monoisotopic (exact) mass is 902 g/mol. The highest BCUT2D eigenvalue weighted by molar-refractivity contribution is 6.02. The molecule has 63 heavy (non-hydrogen) atoms. The zero-order valence-electron chi connectivity index (χ0n) is 32.8. The maximum absolute atomic E-state index is 13.5. The number of aliphatic carboxylic acids is 5. The lowest BCUT2D eigenvalue weighted by Gasteiger charge is -2.26. The van der Waals surface area contributed by atoms with E-state index in [4.69, 9.17) is 26.5 Å². The lowest BCUT2D eigenvalue weighted by molar-refractivity contribution is -0.192. The van der Waals surface area contributed by atoms with Gasteiger partial charge >= 0.3 is 36.0 Å². The molecule has 0 heterocycles. The standard InChI is InChI=1S/C34H44N8O14.C2HF3O2/c35-10-4-3-7-20(30(52)37-19-9-8-17-5-1-2-6-18(17)11-19)39-32(54)22(13-27(46)47)41-34(56)24(15-29(50)51)42-33(55)23(14-28(48)49)40-31(53)21(12-26(44)45)38-25(43)16-36;3-2(4,5)1(6)7/h1-2,5-6,8-9,11,20-24H,3-4,7,10,12-16,35-36H2,(H,37,52)(H,38,43)(H,39,54)(H,40,53)(H,41,56)(H,42,55)(H,44,45)(H,46,47)(H,48,49)(H,50,51);(H,6,7)/t20-,21-,22-,23-,24-;/m0./s1. The molecule has 6 amide bonds. The molecule has 0 unspecified atom stereocenters. The zero-order chi connectivity index (χ0) is 48.0. The highest BCUT2D eigenvalue weighted by Gasteiger charge is 2.38. The molecule has 0 radical (unpaired) electrons. The van der Waals surface area contributed by atoms with Gasteiger partial charge in [-0.1, -0.05) is 30.3 Å². The van der Waals surface area contributed by atoms with Crippen LogP contribution in [0.4, 0.5) is 18.9 Å². The molecule has 27 heteroatoms. The highest BCUT2D eigenvalue weighted by atomic mass is 19.4. The van der Waals surface area contributed by atoms with E-state index in [2.05, 4.69) is 10.6 Å². The molecule has 24 nitrogen and oxygen atoms in total. The van der Waals surface area contributed by atoms with Crippen LogP contribution in [0.1, 0.15) is 44.9 Å². The summed E-state index contributed by atoms with van der Waals surface area (Å²) in [6, 6.07) is 3.13. The third kappa shape index (κ3) is 20.6. The molecule has 0 aliphatic carbocycles. The molecule has 15 N–H and O–H groups in total. The molecule has 0 bridgehead atoms. The number of nitrogens with one attached hydrogen (secondary N) is 6. The van der Waals surface area contributed by atoms with Gasteiger partial charge in [-0.2, -0.15) is 13.2 Å². The number of anilines is 1. The fourth-order valence-electron chi connectivity index (χ4n) is 5.14. The van der Waals surface area contributed by atoms with Gasteiger partial charge in [0.2, 0.25) is 35.4 Å². The molecular weight excluding hydrogens is 857 g/mol. The molecule has 0 spiro atoms. The molecule has 0 aromatic heterocycles. The first kappa shape index (κ1) is 53.6. The first-order valence-corrected chi connectivity index (χ1v) is 18.3. The first-order chi connectivity index (χ1) is 29.4.